The van der Waals surface area contributed by atoms with Gasteiger partial charge in [0.05, 0.1) is 17.8 Å². The maximum Gasteiger partial charge on any atom is 0.181 e. The van der Waals surface area contributed by atoms with Crippen LogP contribution in [-0.2, 0) is 0 Å². The highest BCUT2D eigenvalue weighted by Crippen LogP contribution is 2.14. The first-order valence-corrected chi connectivity index (χ1v) is 3.87. The summed E-state index contributed by atoms with van der Waals surface area (Å²) in [5.74, 6) is -0.158. The number of carbonyl (C=O) groups is 1. The summed E-state index contributed by atoms with van der Waals surface area (Å²) in [7, 11) is 0. The number of hydrogen-bond acceptors (Lipinski definition) is 5. The molecule has 1 aromatic rings. The largest absolute Gasteiger partial charge is 0.387 e. The first-order chi connectivity index (χ1) is 5.13. The van der Waals surface area contributed by atoms with Gasteiger partial charge >= 0.3 is 0 Å². The van der Waals surface area contributed by atoms with Gasteiger partial charge in [0.2, 0.25) is 0 Å². The highest BCUT2D eigenvalue weighted by molar-refractivity contribution is 6.99. The summed E-state index contributed by atoms with van der Waals surface area (Å²) < 4.78 is 7.55. The minimum absolute atomic E-state index is 0.158. The molecule has 1 heterocycles. The van der Waals surface area contributed by atoms with E-state index in [1.54, 1.807) is 6.92 Å². The van der Waals surface area contributed by atoms with Crippen LogP contribution in [0, 0.1) is 0 Å². The van der Waals surface area contributed by atoms with E-state index in [9.17, 15) is 4.79 Å². The van der Waals surface area contributed by atoms with Gasteiger partial charge in [0.25, 0.3) is 0 Å². The normalized spacial score (nSPS) is 13.0. The van der Waals surface area contributed by atoms with Gasteiger partial charge in [0.15, 0.2) is 5.78 Å². The van der Waals surface area contributed by atoms with Crippen molar-refractivity contribution in [3.63, 3.8) is 0 Å². The fourth-order valence-electron chi connectivity index (χ4n) is 0.714. The third kappa shape index (κ3) is 1.61. The monoisotopic (exact) mass is 172 g/mol. The van der Waals surface area contributed by atoms with Crippen molar-refractivity contribution in [3.05, 3.63) is 11.4 Å². The van der Waals surface area contributed by atoms with Crippen LogP contribution >= 0.6 is 11.7 Å². The van der Waals surface area contributed by atoms with Gasteiger partial charge in [-0.2, -0.15) is 8.75 Å². The van der Waals surface area contributed by atoms with Gasteiger partial charge in [-0.05, 0) is 6.92 Å². The number of rotatable bonds is 2. The predicted molar refractivity (Wildman–Crippen MR) is 40.5 cm³/mol. The van der Waals surface area contributed by atoms with Crippen LogP contribution in [-0.4, -0.2) is 19.6 Å². The summed E-state index contributed by atoms with van der Waals surface area (Å²) in [5.41, 5.74) is 0.660. The molecule has 0 aliphatic rings. The summed E-state index contributed by atoms with van der Waals surface area (Å²) >= 11 is 0.942. The molecular formula is C6H8N2O2S. The molecule has 0 bridgehead atoms. The standard InChI is InChI=1S/C6H8N2O2S/c1-3(9)5-6(4(2)10)8-11-7-5/h3,9H,1-2H3. The van der Waals surface area contributed by atoms with Gasteiger partial charge in [0, 0.05) is 6.92 Å². The third-order valence-corrected chi connectivity index (χ3v) is 1.79. The van der Waals surface area contributed by atoms with Crippen LogP contribution in [0.1, 0.15) is 36.1 Å². The number of hydrogen-bond donors (Lipinski definition) is 1. The number of aromatic nitrogens is 2. The molecule has 5 heteroatoms. The Labute approximate surface area is 68.2 Å². The lowest BCUT2D eigenvalue weighted by Crippen LogP contribution is -2.01. The molecule has 11 heavy (non-hydrogen) atoms. The topological polar surface area (TPSA) is 63.1 Å². The maximum atomic E-state index is 10.8. The molecule has 1 rings (SSSR count). The SMILES string of the molecule is CC(=O)c1nsnc1C(C)O. The van der Waals surface area contributed by atoms with E-state index in [1.165, 1.54) is 6.92 Å². The number of nitrogens with zero attached hydrogens (tertiary/aromatic N) is 2. The van der Waals surface area contributed by atoms with Crippen molar-refractivity contribution in [2.24, 2.45) is 0 Å². The first-order valence-electron chi connectivity index (χ1n) is 3.14. The predicted octanol–water partition coefficient (Wildman–Crippen LogP) is 0.794. The molecule has 1 N–H and O–H groups in total. The Bertz CT molecular complexity index is 269. The molecule has 0 amide bonds. The van der Waals surface area contributed by atoms with Crippen molar-refractivity contribution < 1.29 is 9.90 Å². The smallest absolute Gasteiger partial charge is 0.181 e. The average molecular weight is 172 g/mol. The van der Waals surface area contributed by atoms with Gasteiger partial charge in [-0.25, -0.2) is 0 Å². The summed E-state index contributed by atoms with van der Waals surface area (Å²) in [6, 6.07) is 0. The molecule has 0 aliphatic carbocycles. The lowest BCUT2D eigenvalue weighted by atomic mass is 10.2. The molecule has 1 aromatic heterocycles. The molecule has 1 unspecified atom stereocenters. The Morgan fingerprint density at radius 3 is 2.64 bits per heavy atom. The van der Waals surface area contributed by atoms with E-state index in [0.717, 1.165) is 11.7 Å². The van der Waals surface area contributed by atoms with Crippen LogP contribution in [0.3, 0.4) is 0 Å². The zero-order valence-corrected chi connectivity index (χ0v) is 7.05. The lowest BCUT2D eigenvalue weighted by Gasteiger charge is -1.98. The number of aliphatic hydroxyl groups excluding tert-OH is 1. The molecule has 0 spiro atoms. The van der Waals surface area contributed by atoms with Crippen molar-refractivity contribution >= 4 is 17.5 Å². The van der Waals surface area contributed by atoms with Crippen molar-refractivity contribution in [2.75, 3.05) is 0 Å². The van der Waals surface area contributed by atoms with Gasteiger partial charge < -0.3 is 5.11 Å². The number of carbonyl (C=O) groups excluding carboxylic acids is 1. The quantitative estimate of drug-likeness (QED) is 0.670. The molecule has 0 aromatic carbocycles. The van der Waals surface area contributed by atoms with Crippen molar-refractivity contribution in [2.45, 2.75) is 20.0 Å². The summed E-state index contributed by atoms with van der Waals surface area (Å²) in [6.07, 6.45) is -0.715. The van der Waals surface area contributed by atoms with Crippen LogP contribution in [0.15, 0.2) is 0 Å². The fraction of sp³-hybridized carbons (Fsp3) is 0.500. The zero-order valence-electron chi connectivity index (χ0n) is 6.24. The van der Waals surface area contributed by atoms with Gasteiger partial charge in [-0.1, -0.05) is 0 Å². The Morgan fingerprint density at radius 2 is 2.27 bits per heavy atom. The molecule has 0 saturated heterocycles. The summed E-state index contributed by atoms with van der Waals surface area (Å²) in [5, 5.41) is 9.09. The average Bonchev–Trinajstić information content (AvgIpc) is 2.32. The van der Waals surface area contributed by atoms with Crippen LogP contribution < -0.4 is 0 Å². The van der Waals surface area contributed by atoms with E-state index in [-0.39, 0.29) is 11.5 Å². The van der Waals surface area contributed by atoms with Crippen molar-refractivity contribution in [1.29, 1.82) is 0 Å². The van der Waals surface area contributed by atoms with Crippen LogP contribution in [0.2, 0.25) is 0 Å². The molecule has 0 fully saturated rings. The van der Waals surface area contributed by atoms with Crippen molar-refractivity contribution in [1.82, 2.24) is 8.75 Å². The maximum absolute atomic E-state index is 10.8. The van der Waals surface area contributed by atoms with Gasteiger partial charge in [-0.15, -0.1) is 0 Å². The number of aliphatic hydroxyl groups is 1. The van der Waals surface area contributed by atoms with Crippen LogP contribution in [0.25, 0.3) is 0 Å². The Balaban J connectivity index is 3.06. The van der Waals surface area contributed by atoms with Crippen LogP contribution in [0.5, 0.6) is 0 Å². The minimum Gasteiger partial charge on any atom is -0.387 e. The molecule has 0 aliphatic heterocycles. The third-order valence-electron chi connectivity index (χ3n) is 1.24. The Morgan fingerprint density at radius 1 is 1.64 bits per heavy atom. The van der Waals surface area contributed by atoms with Gasteiger partial charge in [-0.3, -0.25) is 4.79 Å². The molecule has 60 valence electrons. The summed E-state index contributed by atoms with van der Waals surface area (Å²) in [6.45, 7) is 2.96. The second kappa shape index (κ2) is 3.06. The second-order valence-electron chi connectivity index (χ2n) is 2.23. The van der Waals surface area contributed by atoms with E-state index >= 15 is 0 Å². The highest BCUT2D eigenvalue weighted by Gasteiger charge is 2.15. The molecular weight excluding hydrogens is 164 g/mol. The molecule has 1 atom stereocenters. The van der Waals surface area contributed by atoms with Crippen LogP contribution in [0.4, 0.5) is 0 Å². The van der Waals surface area contributed by atoms with E-state index in [2.05, 4.69) is 8.75 Å². The van der Waals surface area contributed by atoms with E-state index < -0.39 is 6.10 Å². The van der Waals surface area contributed by atoms with E-state index in [4.69, 9.17) is 5.11 Å². The van der Waals surface area contributed by atoms with E-state index in [0.29, 0.717) is 5.69 Å². The summed E-state index contributed by atoms with van der Waals surface area (Å²) in [4.78, 5) is 10.8. The molecule has 4 nitrogen and oxygen atoms in total. The lowest BCUT2D eigenvalue weighted by molar-refractivity contribution is 0.100. The molecule has 0 radical (unpaired) electrons. The number of ketones is 1. The van der Waals surface area contributed by atoms with Crippen molar-refractivity contribution in [3.8, 4) is 0 Å². The minimum atomic E-state index is -0.715. The first kappa shape index (κ1) is 8.29. The highest BCUT2D eigenvalue weighted by atomic mass is 32.1. The Kier molecular flexibility index (Phi) is 2.31. The second-order valence-corrected chi connectivity index (χ2v) is 2.76. The van der Waals surface area contributed by atoms with E-state index in [1.807, 2.05) is 0 Å². The fourth-order valence-corrected chi connectivity index (χ4v) is 1.39. The van der Waals surface area contributed by atoms with Gasteiger partial charge in [0.1, 0.15) is 11.4 Å². The number of Topliss-reactive ketones (excluding diaryl/α,β-unsaturated/α-hetero) is 1. The zero-order chi connectivity index (χ0) is 8.43. The Hall–Kier alpha value is -0.810. The molecule has 0 saturated carbocycles.